The predicted octanol–water partition coefficient (Wildman–Crippen LogP) is 2.58. The Kier molecular flexibility index (Phi) is 3.82. The SMILES string of the molecule is Cc1cc(C)nc(N2CCC[C@H](c3ccnc(C)n3)C2)n1. The standard InChI is InChI=1S/C16H21N5/c1-11-9-12(2)19-16(18-11)21-8-4-5-14(10-21)15-6-7-17-13(3)20-15/h6-7,9,14H,4-5,8,10H2,1-3H3/t14-/m0/s1. The number of aryl methyl sites for hydroxylation is 3. The molecule has 0 aromatic carbocycles. The van der Waals surface area contributed by atoms with Gasteiger partial charge in [-0.05, 0) is 45.7 Å². The maximum atomic E-state index is 4.59. The smallest absolute Gasteiger partial charge is 0.225 e. The number of aromatic nitrogens is 4. The molecular weight excluding hydrogens is 262 g/mol. The summed E-state index contributed by atoms with van der Waals surface area (Å²) < 4.78 is 0. The average molecular weight is 283 g/mol. The molecule has 5 heteroatoms. The van der Waals surface area contributed by atoms with Crippen LogP contribution in [0.25, 0.3) is 0 Å². The molecule has 1 aliphatic rings. The number of anilines is 1. The zero-order chi connectivity index (χ0) is 14.8. The lowest BCUT2D eigenvalue weighted by molar-refractivity contribution is 0.493. The van der Waals surface area contributed by atoms with Crippen LogP contribution in [0.15, 0.2) is 18.3 Å². The molecule has 0 unspecified atom stereocenters. The van der Waals surface area contributed by atoms with Crippen molar-refractivity contribution in [1.29, 1.82) is 0 Å². The van der Waals surface area contributed by atoms with Gasteiger partial charge in [-0.25, -0.2) is 19.9 Å². The van der Waals surface area contributed by atoms with Crippen LogP contribution in [0.5, 0.6) is 0 Å². The van der Waals surface area contributed by atoms with Gasteiger partial charge in [-0.3, -0.25) is 0 Å². The molecule has 0 bridgehead atoms. The first-order valence-corrected chi connectivity index (χ1v) is 7.48. The molecule has 3 rings (SSSR count). The van der Waals surface area contributed by atoms with E-state index in [1.807, 2.05) is 39.1 Å². The topological polar surface area (TPSA) is 54.8 Å². The summed E-state index contributed by atoms with van der Waals surface area (Å²) in [5, 5.41) is 0. The second-order valence-electron chi connectivity index (χ2n) is 5.76. The van der Waals surface area contributed by atoms with Gasteiger partial charge in [0.05, 0.1) is 0 Å². The molecule has 1 fully saturated rings. The molecule has 21 heavy (non-hydrogen) atoms. The molecule has 1 aliphatic heterocycles. The second-order valence-corrected chi connectivity index (χ2v) is 5.76. The van der Waals surface area contributed by atoms with E-state index in [1.54, 1.807) is 0 Å². The summed E-state index contributed by atoms with van der Waals surface area (Å²) in [5.41, 5.74) is 3.19. The van der Waals surface area contributed by atoms with Gasteiger partial charge >= 0.3 is 0 Å². The number of nitrogens with zero attached hydrogens (tertiary/aromatic N) is 5. The highest BCUT2D eigenvalue weighted by Gasteiger charge is 2.24. The Labute approximate surface area is 125 Å². The number of piperidine rings is 1. The zero-order valence-electron chi connectivity index (χ0n) is 12.9. The van der Waals surface area contributed by atoms with Gasteiger partial charge in [0.1, 0.15) is 5.82 Å². The molecule has 0 N–H and O–H groups in total. The highest BCUT2D eigenvalue weighted by molar-refractivity contribution is 5.34. The Morgan fingerprint density at radius 2 is 1.86 bits per heavy atom. The minimum absolute atomic E-state index is 0.435. The van der Waals surface area contributed by atoms with Crippen LogP contribution in [0.1, 0.15) is 41.7 Å². The Balaban J connectivity index is 1.82. The van der Waals surface area contributed by atoms with Crippen molar-refractivity contribution in [3.63, 3.8) is 0 Å². The van der Waals surface area contributed by atoms with Gasteiger partial charge in [0, 0.05) is 42.3 Å². The lowest BCUT2D eigenvalue weighted by atomic mass is 9.95. The molecule has 0 saturated carbocycles. The monoisotopic (exact) mass is 283 g/mol. The van der Waals surface area contributed by atoms with E-state index in [9.17, 15) is 0 Å². The molecule has 0 amide bonds. The number of hydrogen-bond acceptors (Lipinski definition) is 5. The molecule has 0 radical (unpaired) electrons. The van der Waals surface area contributed by atoms with Gasteiger partial charge in [-0.2, -0.15) is 0 Å². The molecule has 110 valence electrons. The van der Waals surface area contributed by atoms with Crippen LogP contribution in [-0.2, 0) is 0 Å². The highest BCUT2D eigenvalue weighted by Crippen LogP contribution is 2.27. The van der Waals surface area contributed by atoms with Gasteiger partial charge < -0.3 is 4.90 Å². The summed E-state index contributed by atoms with van der Waals surface area (Å²) in [4.78, 5) is 20.2. The van der Waals surface area contributed by atoms with E-state index in [-0.39, 0.29) is 0 Å². The van der Waals surface area contributed by atoms with Crippen LogP contribution in [0.3, 0.4) is 0 Å². The largest absolute Gasteiger partial charge is 0.340 e. The zero-order valence-corrected chi connectivity index (χ0v) is 12.9. The normalized spacial score (nSPS) is 18.8. The van der Waals surface area contributed by atoms with Crippen LogP contribution in [0.2, 0.25) is 0 Å². The van der Waals surface area contributed by atoms with Crippen molar-refractivity contribution >= 4 is 5.95 Å². The summed E-state index contributed by atoms with van der Waals surface area (Å²) in [6.07, 6.45) is 4.16. The summed E-state index contributed by atoms with van der Waals surface area (Å²) in [6.45, 7) is 7.93. The Morgan fingerprint density at radius 1 is 1.10 bits per heavy atom. The van der Waals surface area contributed by atoms with Crippen molar-refractivity contribution in [3.8, 4) is 0 Å². The summed E-state index contributed by atoms with van der Waals surface area (Å²) >= 11 is 0. The van der Waals surface area contributed by atoms with Crippen molar-refractivity contribution in [2.45, 2.75) is 39.5 Å². The van der Waals surface area contributed by atoms with Crippen molar-refractivity contribution in [3.05, 3.63) is 41.2 Å². The van der Waals surface area contributed by atoms with Crippen molar-refractivity contribution in [1.82, 2.24) is 19.9 Å². The van der Waals surface area contributed by atoms with Crippen molar-refractivity contribution < 1.29 is 0 Å². The fraction of sp³-hybridized carbons (Fsp3) is 0.500. The van der Waals surface area contributed by atoms with Gasteiger partial charge in [0.25, 0.3) is 0 Å². The third-order valence-electron chi connectivity index (χ3n) is 3.89. The van der Waals surface area contributed by atoms with Crippen LogP contribution in [-0.4, -0.2) is 33.0 Å². The van der Waals surface area contributed by atoms with Crippen LogP contribution >= 0.6 is 0 Å². The molecule has 2 aromatic heterocycles. The summed E-state index contributed by atoms with van der Waals surface area (Å²) in [5.74, 6) is 2.13. The van der Waals surface area contributed by atoms with Crippen LogP contribution in [0.4, 0.5) is 5.95 Å². The van der Waals surface area contributed by atoms with E-state index in [0.717, 1.165) is 54.8 Å². The molecule has 3 heterocycles. The van der Waals surface area contributed by atoms with E-state index in [4.69, 9.17) is 0 Å². The quantitative estimate of drug-likeness (QED) is 0.848. The maximum Gasteiger partial charge on any atom is 0.225 e. The third-order valence-corrected chi connectivity index (χ3v) is 3.89. The molecule has 2 aromatic rings. The van der Waals surface area contributed by atoms with Crippen LogP contribution in [0, 0.1) is 20.8 Å². The first-order valence-electron chi connectivity index (χ1n) is 7.48. The molecule has 1 atom stereocenters. The van der Waals surface area contributed by atoms with E-state index >= 15 is 0 Å². The van der Waals surface area contributed by atoms with E-state index < -0.39 is 0 Å². The average Bonchev–Trinajstić information content (AvgIpc) is 2.46. The molecule has 0 aliphatic carbocycles. The molecule has 0 spiro atoms. The van der Waals surface area contributed by atoms with Crippen molar-refractivity contribution in [2.75, 3.05) is 18.0 Å². The Hall–Kier alpha value is -2.04. The van der Waals surface area contributed by atoms with Gasteiger partial charge in [-0.15, -0.1) is 0 Å². The predicted molar refractivity (Wildman–Crippen MR) is 82.5 cm³/mol. The number of rotatable bonds is 2. The highest BCUT2D eigenvalue weighted by atomic mass is 15.3. The van der Waals surface area contributed by atoms with Gasteiger partial charge in [-0.1, -0.05) is 0 Å². The first-order chi connectivity index (χ1) is 10.1. The summed E-state index contributed by atoms with van der Waals surface area (Å²) in [7, 11) is 0. The molecule has 5 nitrogen and oxygen atoms in total. The lowest BCUT2D eigenvalue weighted by Crippen LogP contribution is -2.36. The van der Waals surface area contributed by atoms with E-state index in [0.29, 0.717) is 5.92 Å². The van der Waals surface area contributed by atoms with Crippen molar-refractivity contribution in [2.24, 2.45) is 0 Å². The molecule has 1 saturated heterocycles. The fourth-order valence-corrected chi connectivity index (χ4v) is 2.95. The second kappa shape index (κ2) is 5.76. The van der Waals surface area contributed by atoms with Gasteiger partial charge in [0.2, 0.25) is 5.95 Å². The minimum Gasteiger partial charge on any atom is -0.340 e. The number of hydrogen-bond donors (Lipinski definition) is 0. The van der Waals surface area contributed by atoms with E-state index in [1.165, 1.54) is 0 Å². The maximum absolute atomic E-state index is 4.59. The fourth-order valence-electron chi connectivity index (χ4n) is 2.95. The Bertz CT molecular complexity index is 620. The molecular formula is C16H21N5. The van der Waals surface area contributed by atoms with Crippen LogP contribution < -0.4 is 4.90 Å². The van der Waals surface area contributed by atoms with Gasteiger partial charge in [0.15, 0.2) is 0 Å². The first kappa shape index (κ1) is 13.9. The minimum atomic E-state index is 0.435. The summed E-state index contributed by atoms with van der Waals surface area (Å²) in [6, 6.07) is 4.04. The lowest BCUT2D eigenvalue weighted by Gasteiger charge is -2.32. The third kappa shape index (κ3) is 3.17. The van der Waals surface area contributed by atoms with E-state index in [2.05, 4.69) is 24.8 Å². The Morgan fingerprint density at radius 3 is 2.57 bits per heavy atom.